The van der Waals surface area contributed by atoms with E-state index in [9.17, 15) is 9.36 Å². The number of ether oxygens (including phenoxy) is 1. The Hall–Kier alpha value is -2.02. The Morgan fingerprint density at radius 2 is 1.81 bits per heavy atom. The summed E-state index contributed by atoms with van der Waals surface area (Å²) in [5, 5.41) is 8.14. The largest absolute Gasteiger partial charge is 0.472 e. The van der Waals surface area contributed by atoms with Crippen LogP contribution in [0.2, 0.25) is 0 Å². The summed E-state index contributed by atoms with van der Waals surface area (Å²) >= 11 is 0. The molecule has 0 N–H and O–H groups in total. The van der Waals surface area contributed by atoms with E-state index in [1.165, 1.54) is 12.5 Å². The van der Waals surface area contributed by atoms with Crippen molar-refractivity contribution in [2.75, 3.05) is 19.8 Å². The maximum absolute atomic E-state index is 12.8. The minimum atomic E-state index is -3.31. The lowest BCUT2D eigenvalue weighted by Crippen LogP contribution is -2.09. The van der Waals surface area contributed by atoms with Crippen LogP contribution in [0.5, 0.6) is 0 Å². The van der Waals surface area contributed by atoms with Crippen LogP contribution in [-0.4, -0.2) is 36.0 Å². The lowest BCUT2D eigenvalue weighted by atomic mass is 10.1. The summed E-state index contributed by atoms with van der Waals surface area (Å²) < 4.78 is 33.7. The molecule has 26 heavy (non-hydrogen) atoms. The van der Waals surface area contributed by atoms with Gasteiger partial charge in [-0.25, -0.2) is 4.79 Å². The monoisotopic (exact) mass is 382 g/mol. The predicted molar refractivity (Wildman–Crippen MR) is 95.0 cm³/mol. The zero-order valence-electron chi connectivity index (χ0n) is 15.4. The highest BCUT2D eigenvalue weighted by molar-refractivity contribution is 7.53. The van der Waals surface area contributed by atoms with Gasteiger partial charge >= 0.3 is 13.6 Å². The summed E-state index contributed by atoms with van der Waals surface area (Å²) in [5.74, 6) is -0.472. The fourth-order valence-electron chi connectivity index (χ4n) is 2.40. The maximum Gasteiger partial charge on any atom is 0.340 e. The van der Waals surface area contributed by atoms with Gasteiger partial charge in [-0.15, -0.1) is 0 Å². The van der Waals surface area contributed by atoms with E-state index in [2.05, 4.69) is 10.2 Å². The fraction of sp³-hybridized carbons (Fsp3) is 0.471. The molecule has 2 rings (SSSR count). The first-order valence-electron chi connectivity index (χ1n) is 8.39. The number of rotatable bonds is 9. The van der Waals surface area contributed by atoms with Gasteiger partial charge in [0, 0.05) is 11.1 Å². The molecular formula is C17H23N2O6P. The Kier molecular flexibility index (Phi) is 7.08. The van der Waals surface area contributed by atoms with Crippen molar-refractivity contribution in [2.24, 2.45) is 0 Å². The van der Waals surface area contributed by atoms with Crippen molar-refractivity contribution in [2.45, 2.75) is 33.9 Å². The van der Waals surface area contributed by atoms with Crippen LogP contribution in [0, 0.1) is 6.92 Å². The molecule has 0 aliphatic carbocycles. The molecule has 0 radical (unpaired) electrons. The maximum atomic E-state index is 12.8. The summed E-state index contributed by atoms with van der Waals surface area (Å²) in [6, 6.07) is 1.58. The molecule has 0 aliphatic rings. The molecule has 2 aromatic heterocycles. The van der Waals surface area contributed by atoms with Gasteiger partial charge in [0.15, 0.2) is 0 Å². The molecule has 9 heteroatoms. The first-order chi connectivity index (χ1) is 12.4. The van der Waals surface area contributed by atoms with Crippen molar-refractivity contribution < 1.29 is 27.6 Å². The van der Waals surface area contributed by atoms with Gasteiger partial charge in [0.2, 0.25) is 0 Å². The summed E-state index contributed by atoms with van der Waals surface area (Å²) in [6.07, 6.45) is 2.96. The quantitative estimate of drug-likeness (QED) is 0.474. The summed E-state index contributed by atoms with van der Waals surface area (Å²) in [6.45, 7) is 7.70. The van der Waals surface area contributed by atoms with Crippen LogP contribution in [0.3, 0.4) is 0 Å². The molecule has 2 heterocycles. The highest BCUT2D eigenvalue weighted by atomic mass is 31.2. The zero-order chi connectivity index (χ0) is 19.2. The van der Waals surface area contributed by atoms with Gasteiger partial charge in [-0.2, -0.15) is 10.2 Å². The number of carbonyl (C=O) groups is 1. The zero-order valence-corrected chi connectivity index (χ0v) is 16.2. The van der Waals surface area contributed by atoms with Crippen molar-refractivity contribution in [1.29, 1.82) is 0 Å². The molecule has 0 atom stereocenters. The van der Waals surface area contributed by atoms with E-state index in [4.69, 9.17) is 18.2 Å². The minimum Gasteiger partial charge on any atom is -0.472 e. The van der Waals surface area contributed by atoms with Gasteiger partial charge in [-0.1, -0.05) is 0 Å². The van der Waals surface area contributed by atoms with Crippen LogP contribution >= 0.6 is 7.60 Å². The van der Waals surface area contributed by atoms with E-state index >= 15 is 0 Å². The van der Waals surface area contributed by atoms with Crippen LogP contribution < -0.4 is 0 Å². The topological polar surface area (TPSA) is 101 Å². The average molecular weight is 382 g/mol. The molecule has 0 aliphatic heterocycles. The SMILES string of the molecule is CCOC(=O)c1cc(-c2cocc2CP(=O)(OCC)OCC)nnc1C. The van der Waals surface area contributed by atoms with Gasteiger partial charge < -0.3 is 18.2 Å². The number of aryl methyl sites for hydroxylation is 1. The second-order valence-corrected chi connectivity index (χ2v) is 7.42. The lowest BCUT2D eigenvalue weighted by molar-refractivity contribution is 0.0524. The van der Waals surface area contributed by atoms with Gasteiger partial charge in [0.1, 0.15) is 0 Å². The van der Waals surface area contributed by atoms with Gasteiger partial charge in [-0.3, -0.25) is 4.57 Å². The Labute approximate surface area is 152 Å². The van der Waals surface area contributed by atoms with Crippen LogP contribution in [0.1, 0.15) is 42.4 Å². The smallest absolute Gasteiger partial charge is 0.340 e. The Bertz CT molecular complexity index is 794. The van der Waals surface area contributed by atoms with Crippen molar-refractivity contribution in [3.8, 4) is 11.3 Å². The highest BCUT2D eigenvalue weighted by Gasteiger charge is 2.27. The molecular weight excluding hydrogens is 359 g/mol. The van der Waals surface area contributed by atoms with Crippen molar-refractivity contribution >= 4 is 13.6 Å². The van der Waals surface area contributed by atoms with Crippen LogP contribution in [0.15, 0.2) is 23.0 Å². The Morgan fingerprint density at radius 1 is 1.12 bits per heavy atom. The number of hydrogen-bond acceptors (Lipinski definition) is 8. The Morgan fingerprint density at radius 3 is 2.42 bits per heavy atom. The molecule has 0 saturated carbocycles. The van der Waals surface area contributed by atoms with Crippen molar-refractivity contribution in [1.82, 2.24) is 10.2 Å². The average Bonchev–Trinajstić information content (AvgIpc) is 3.03. The molecule has 8 nitrogen and oxygen atoms in total. The van der Waals surface area contributed by atoms with Crippen molar-refractivity contribution in [3.63, 3.8) is 0 Å². The number of nitrogens with zero attached hydrogens (tertiary/aromatic N) is 2. The normalized spacial score (nSPS) is 11.5. The standard InChI is InChI=1S/C17H23N2O6P/c1-5-23-17(20)14-8-16(19-18-12(14)4)15-10-22-9-13(15)11-26(21,24-6-2)25-7-3/h8-10H,5-7,11H2,1-4H3. The summed E-state index contributed by atoms with van der Waals surface area (Å²) in [4.78, 5) is 12.1. The molecule has 0 amide bonds. The molecule has 2 aromatic rings. The molecule has 0 spiro atoms. The minimum absolute atomic E-state index is 0.0325. The van der Waals surface area contributed by atoms with E-state index in [0.717, 1.165) is 0 Å². The number of aromatic nitrogens is 2. The van der Waals surface area contributed by atoms with E-state index in [0.29, 0.717) is 28.1 Å². The number of furan rings is 1. The number of esters is 1. The predicted octanol–water partition coefficient (Wildman–Crippen LogP) is 3.99. The first kappa shape index (κ1) is 20.3. The van der Waals surface area contributed by atoms with Crippen molar-refractivity contribution in [3.05, 3.63) is 35.4 Å². The molecule has 0 bridgehead atoms. The first-order valence-corrected chi connectivity index (χ1v) is 10.1. The molecule has 0 aromatic carbocycles. The van der Waals surface area contributed by atoms with Gasteiger partial charge in [-0.05, 0) is 33.8 Å². The van der Waals surface area contributed by atoms with Gasteiger partial charge in [0.05, 0.1) is 55.5 Å². The van der Waals surface area contributed by atoms with E-state index in [-0.39, 0.29) is 26.0 Å². The molecule has 0 fully saturated rings. The fourth-order valence-corrected chi connectivity index (χ4v) is 4.11. The highest BCUT2D eigenvalue weighted by Crippen LogP contribution is 2.52. The molecule has 0 saturated heterocycles. The third-order valence-corrected chi connectivity index (χ3v) is 5.54. The van der Waals surface area contributed by atoms with E-state index in [1.807, 2.05) is 0 Å². The van der Waals surface area contributed by atoms with E-state index in [1.54, 1.807) is 33.8 Å². The second-order valence-electron chi connectivity index (χ2n) is 5.36. The number of hydrogen-bond donors (Lipinski definition) is 0. The number of carbonyl (C=O) groups excluding carboxylic acids is 1. The van der Waals surface area contributed by atoms with Crippen LogP contribution in [-0.2, 0) is 24.5 Å². The third-order valence-electron chi connectivity index (χ3n) is 3.51. The van der Waals surface area contributed by atoms with Gasteiger partial charge in [0.25, 0.3) is 0 Å². The lowest BCUT2D eigenvalue weighted by Gasteiger charge is -2.16. The van der Waals surface area contributed by atoms with Crippen LogP contribution in [0.4, 0.5) is 0 Å². The van der Waals surface area contributed by atoms with E-state index < -0.39 is 13.6 Å². The second kappa shape index (κ2) is 9.07. The Balaban J connectivity index is 2.37. The summed E-state index contributed by atoms with van der Waals surface area (Å²) in [7, 11) is -3.31. The summed E-state index contributed by atoms with van der Waals surface area (Å²) in [5.41, 5.74) is 2.38. The van der Waals surface area contributed by atoms with Crippen LogP contribution in [0.25, 0.3) is 11.3 Å². The third kappa shape index (κ3) is 4.78. The molecule has 142 valence electrons. The molecule has 0 unspecified atom stereocenters.